The van der Waals surface area contributed by atoms with E-state index in [9.17, 15) is 9.59 Å². The molecule has 0 bridgehead atoms. The number of amides is 2. The summed E-state index contributed by atoms with van der Waals surface area (Å²) in [6.45, 7) is 0. The molecule has 1 aromatic carbocycles. The molecule has 1 aromatic rings. The van der Waals surface area contributed by atoms with Gasteiger partial charge in [0.2, 0.25) is 0 Å². The number of rotatable bonds is 2. The number of carbonyl (C=O) groups is 2. The SMILES string of the molecule is O=C1C=C(c2ccccc2)C(=O)N1C1CCCCC1. The molecule has 1 fully saturated rings. The van der Waals surface area contributed by atoms with Crippen molar-refractivity contribution >= 4 is 17.4 Å². The van der Waals surface area contributed by atoms with E-state index in [4.69, 9.17) is 0 Å². The minimum absolute atomic E-state index is 0.103. The van der Waals surface area contributed by atoms with Gasteiger partial charge in [-0.3, -0.25) is 14.5 Å². The van der Waals surface area contributed by atoms with Gasteiger partial charge in [0.1, 0.15) is 0 Å². The maximum atomic E-state index is 12.5. The fraction of sp³-hybridized carbons (Fsp3) is 0.375. The van der Waals surface area contributed by atoms with Gasteiger partial charge in [-0.15, -0.1) is 0 Å². The first-order valence-electron chi connectivity index (χ1n) is 6.92. The van der Waals surface area contributed by atoms with Crippen molar-refractivity contribution in [1.29, 1.82) is 0 Å². The summed E-state index contributed by atoms with van der Waals surface area (Å²) in [7, 11) is 0. The number of hydrogen-bond acceptors (Lipinski definition) is 2. The third kappa shape index (κ3) is 2.21. The summed E-state index contributed by atoms with van der Waals surface area (Å²) >= 11 is 0. The Morgan fingerprint density at radius 3 is 2.32 bits per heavy atom. The number of imide groups is 1. The van der Waals surface area contributed by atoms with E-state index < -0.39 is 0 Å². The van der Waals surface area contributed by atoms with Crippen molar-refractivity contribution < 1.29 is 9.59 Å². The van der Waals surface area contributed by atoms with Crippen molar-refractivity contribution in [3.63, 3.8) is 0 Å². The second-order valence-electron chi connectivity index (χ2n) is 5.23. The summed E-state index contributed by atoms with van der Waals surface area (Å²) in [6, 6.07) is 9.53. The van der Waals surface area contributed by atoms with E-state index in [0.717, 1.165) is 31.2 Å². The van der Waals surface area contributed by atoms with Gasteiger partial charge in [0.25, 0.3) is 11.8 Å². The summed E-state index contributed by atoms with van der Waals surface area (Å²) in [5.41, 5.74) is 1.37. The lowest BCUT2D eigenvalue weighted by Gasteiger charge is -2.29. The van der Waals surface area contributed by atoms with Crippen LogP contribution in [0.25, 0.3) is 5.57 Å². The fourth-order valence-electron chi connectivity index (χ4n) is 2.99. The molecule has 1 aliphatic heterocycles. The third-order valence-corrected chi connectivity index (χ3v) is 3.98. The van der Waals surface area contributed by atoms with E-state index in [1.807, 2.05) is 30.3 Å². The lowest BCUT2D eigenvalue weighted by Crippen LogP contribution is -2.41. The smallest absolute Gasteiger partial charge is 0.261 e. The van der Waals surface area contributed by atoms with Gasteiger partial charge in [-0.25, -0.2) is 0 Å². The van der Waals surface area contributed by atoms with Crippen LogP contribution in [-0.2, 0) is 9.59 Å². The molecule has 0 spiro atoms. The molecular weight excluding hydrogens is 238 g/mol. The summed E-state index contributed by atoms with van der Waals surface area (Å²) in [6.07, 6.45) is 6.84. The first-order valence-corrected chi connectivity index (χ1v) is 6.92. The molecule has 0 N–H and O–H groups in total. The van der Waals surface area contributed by atoms with Crippen LogP contribution >= 0.6 is 0 Å². The van der Waals surface area contributed by atoms with Crippen LogP contribution in [0.1, 0.15) is 37.7 Å². The van der Waals surface area contributed by atoms with Crippen molar-refractivity contribution in [2.24, 2.45) is 0 Å². The zero-order chi connectivity index (χ0) is 13.2. The number of carbonyl (C=O) groups excluding carboxylic acids is 2. The normalized spacial score (nSPS) is 20.8. The predicted octanol–water partition coefficient (Wildman–Crippen LogP) is 2.77. The minimum Gasteiger partial charge on any atom is -0.272 e. The fourth-order valence-corrected chi connectivity index (χ4v) is 2.99. The van der Waals surface area contributed by atoms with Crippen LogP contribution < -0.4 is 0 Å². The molecule has 19 heavy (non-hydrogen) atoms. The van der Waals surface area contributed by atoms with Gasteiger partial charge < -0.3 is 0 Å². The van der Waals surface area contributed by atoms with Crippen LogP contribution in [0.3, 0.4) is 0 Å². The molecule has 0 unspecified atom stereocenters. The van der Waals surface area contributed by atoms with Crippen molar-refractivity contribution in [2.45, 2.75) is 38.1 Å². The van der Waals surface area contributed by atoms with Gasteiger partial charge in [-0.05, 0) is 18.4 Å². The van der Waals surface area contributed by atoms with Crippen LogP contribution in [-0.4, -0.2) is 22.8 Å². The molecule has 0 saturated heterocycles. The summed E-state index contributed by atoms with van der Waals surface area (Å²) in [4.78, 5) is 26.0. The molecule has 3 heteroatoms. The van der Waals surface area contributed by atoms with Crippen LogP contribution in [0.4, 0.5) is 0 Å². The van der Waals surface area contributed by atoms with Gasteiger partial charge >= 0.3 is 0 Å². The molecule has 2 aliphatic rings. The van der Waals surface area contributed by atoms with Gasteiger partial charge in [-0.2, -0.15) is 0 Å². The van der Waals surface area contributed by atoms with Crippen molar-refractivity contribution in [3.05, 3.63) is 42.0 Å². The Labute approximate surface area is 112 Å². The van der Waals surface area contributed by atoms with E-state index >= 15 is 0 Å². The first-order chi connectivity index (χ1) is 9.27. The van der Waals surface area contributed by atoms with Crippen molar-refractivity contribution in [3.8, 4) is 0 Å². The zero-order valence-electron chi connectivity index (χ0n) is 10.8. The maximum absolute atomic E-state index is 12.5. The highest BCUT2D eigenvalue weighted by Crippen LogP contribution is 2.30. The Bertz CT molecular complexity index is 527. The number of benzene rings is 1. The second-order valence-corrected chi connectivity index (χ2v) is 5.23. The second kappa shape index (κ2) is 5.00. The standard InChI is InChI=1S/C16H17NO2/c18-15-11-14(12-7-3-1-4-8-12)16(19)17(15)13-9-5-2-6-10-13/h1,3-4,7-8,11,13H,2,5-6,9-10H2. The van der Waals surface area contributed by atoms with Crippen LogP contribution in [0.15, 0.2) is 36.4 Å². The molecule has 98 valence electrons. The topological polar surface area (TPSA) is 37.4 Å². The minimum atomic E-state index is -0.143. The van der Waals surface area contributed by atoms with Crippen molar-refractivity contribution in [1.82, 2.24) is 4.90 Å². The molecule has 1 heterocycles. The Morgan fingerprint density at radius 2 is 1.63 bits per heavy atom. The number of nitrogens with zero attached hydrogens (tertiary/aromatic N) is 1. The highest BCUT2D eigenvalue weighted by molar-refractivity contribution is 6.33. The Balaban J connectivity index is 1.85. The van der Waals surface area contributed by atoms with Gasteiger partial charge in [0.05, 0.1) is 5.57 Å². The summed E-state index contributed by atoms with van der Waals surface area (Å²) < 4.78 is 0. The highest BCUT2D eigenvalue weighted by atomic mass is 16.2. The third-order valence-electron chi connectivity index (χ3n) is 3.98. The molecule has 0 atom stereocenters. The molecule has 3 nitrogen and oxygen atoms in total. The summed E-state index contributed by atoms with van der Waals surface area (Å²) in [5, 5.41) is 0. The summed E-state index contributed by atoms with van der Waals surface area (Å²) in [5.74, 6) is -0.265. The van der Waals surface area contributed by atoms with E-state index in [1.54, 1.807) is 0 Å². The lowest BCUT2D eigenvalue weighted by atomic mass is 9.94. The Kier molecular flexibility index (Phi) is 3.20. The largest absolute Gasteiger partial charge is 0.272 e. The van der Waals surface area contributed by atoms with Crippen molar-refractivity contribution in [2.75, 3.05) is 0 Å². The van der Waals surface area contributed by atoms with Gasteiger partial charge in [-0.1, -0.05) is 49.6 Å². The van der Waals surface area contributed by atoms with Gasteiger partial charge in [0, 0.05) is 12.1 Å². The predicted molar refractivity (Wildman–Crippen MR) is 73.1 cm³/mol. The van der Waals surface area contributed by atoms with E-state index in [0.29, 0.717) is 5.57 Å². The van der Waals surface area contributed by atoms with E-state index in [1.165, 1.54) is 17.4 Å². The van der Waals surface area contributed by atoms with Crippen LogP contribution in [0, 0.1) is 0 Å². The monoisotopic (exact) mass is 255 g/mol. The Hall–Kier alpha value is -1.90. The molecule has 1 saturated carbocycles. The molecule has 2 amide bonds. The van der Waals surface area contributed by atoms with Gasteiger partial charge in [0.15, 0.2) is 0 Å². The molecule has 0 aromatic heterocycles. The highest BCUT2D eigenvalue weighted by Gasteiger charge is 2.37. The average Bonchev–Trinajstić information content (AvgIpc) is 2.76. The maximum Gasteiger partial charge on any atom is 0.261 e. The zero-order valence-corrected chi connectivity index (χ0v) is 10.8. The lowest BCUT2D eigenvalue weighted by molar-refractivity contribution is -0.139. The molecule has 1 aliphatic carbocycles. The first kappa shape index (κ1) is 12.2. The van der Waals surface area contributed by atoms with Crippen LogP contribution in [0.5, 0.6) is 0 Å². The average molecular weight is 255 g/mol. The van der Waals surface area contributed by atoms with E-state index in [2.05, 4.69) is 0 Å². The Morgan fingerprint density at radius 1 is 0.947 bits per heavy atom. The van der Waals surface area contributed by atoms with Crippen LogP contribution in [0.2, 0.25) is 0 Å². The molecule has 3 rings (SSSR count). The number of hydrogen-bond donors (Lipinski definition) is 0. The molecular formula is C16H17NO2. The molecule has 0 radical (unpaired) electrons. The van der Waals surface area contributed by atoms with E-state index in [-0.39, 0.29) is 17.9 Å². The quantitative estimate of drug-likeness (QED) is 0.762.